The predicted molar refractivity (Wildman–Crippen MR) is 126 cm³/mol. The lowest BCUT2D eigenvalue weighted by atomic mass is 10.2. The number of ether oxygens (including phenoxy) is 3. The predicted octanol–water partition coefficient (Wildman–Crippen LogP) is 4.31. The van der Waals surface area contributed by atoms with Crippen molar-refractivity contribution in [2.75, 3.05) is 20.8 Å². The number of rotatable bonds is 10. The normalized spacial score (nSPS) is 10.9. The van der Waals surface area contributed by atoms with Crippen LogP contribution in [0.4, 0.5) is 0 Å². The number of nitrogens with zero attached hydrogens (tertiary/aromatic N) is 2. The number of pyridine rings is 1. The summed E-state index contributed by atoms with van der Waals surface area (Å²) >= 11 is 0. The van der Waals surface area contributed by atoms with Crippen molar-refractivity contribution in [1.82, 2.24) is 15.6 Å². The van der Waals surface area contributed by atoms with E-state index in [1.807, 2.05) is 60.7 Å². The van der Waals surface area contributed by atoms with E-state index in [1.54, 1.807) is 26.4 Å². The summed E-state index contributed by atoms with van der Waals surface area (Å²) in [5.41, 5.74) is 2.04. The lowest BCUT2D eigenvalue weighted by Gasteiger charge is -2.14. The molecule has 0 atom stereocenters. The van der Waals surface area contributed by atoms with E-state index in [0.717, 1.165) is 22.6 Å². The first-order chi connectivity index (χ1) is 15.7. The molecule has 7 heteroatoms. The van der Waals surface area contributed by atoms with Crippen LogP contribution in [0.5, 0.6) is 23.1 Å². The van der Waals surface area contributed by atoms with Crippen molar-refractivity contribution in [3.05, 3.63) is 90.6 Å². The molecule has 1 heterocycles. The van der Waals surface area contributed by atoms with Crippen LogP contribution < -0.4 is 24.8 Å². The summed E-state index contributed by atoms with van der Waals surface area (Å²) in [7, 11) is 3.36. The fourth-order valence-electron chi connectivity index (χ4n) is 2.89. The number of nitrogens with one attached hydrogen (secondary N) is 2. The minimum atomic E-state index is 0.467. The van der Waals surface area contributed by atoms with E-state index >= 15 is 0 Å². The van der Waals surface area contributed by atoms with Crippen LogP contribution in [0.1, 0.15) is 11.1 Å². The third-order valence-electron chi connectivity index (χ3n) is 4.52. The third-order valence-corrected chi connectivity index (χ3v) is 4.52. The Labute approximate surface area is 188 Å². The van der Waals surface area contributed by atoms with Crippen molar-refractivity contribution in [2.45, 2.75) is 13.1 Å². The molecule has 0 radical (unpaired) electrons. The highest BCUT2D eigenvalue weighted by Gasteiger charge is 2.05. The molecule has 1 aromatic heterocycles. The molecule has 32 heavy (non-hydrogen) atoms. The van der Waals surface area contributed by atoms with Gasteiger partial charge in [0.05, 0.1) is 7.11 Å². The maximum Gasteiger partial charge on any atom is 0.219 e. The monoisotopic (exact) mass is 432 g/mol. The number of aromatic nitrogens is 1. The van der Waals surface area contributed by atoms with E-state index in [2.05, 4.69) is 27.2 Å². The number of benzene rings is 2. The van der Waals surface area contributed by atoms with Crippen LogP contribution in [0.2, 0.25) is 0 Å². The SMILES string of the molecule is C=CCOc1ccccc1CNC(=NC)NCc1ccc(Oc2cccc(OC)c2)nc1. The Hall–Kier alpha value is -4.00. The van der Waals surface area contributed by atoms with Gasteiger partial charge in [-0.05, 0) is 23.8 Å². The van der Waals surface area contributed by atoms with Crippen LogP contribution in [0.3, 0.4) is 0 Å². The number of hydrogen-bond donors (Lipinski definition) is 2. The molecular weight excluding hydrogens is 404 g/mol. The van der Waals surface area contributed by atoms with Gasteiger partial charge in [-0.2, -0.15) is 0 Å². The van der Waals surface area contributed by atoms with Gasteiger partial charge in [-0.15, -0.1) is 0 Å². The first-order valence-corrected chi connectivity index (χ1v) is 10.2. The van der Waals surface area contributed by atoms with Crippen LogP contribution in [-0.2, 0) is 13.1 Å². The van der Waals surface area contributed by atoms with Crippen molar-refractivity contribution in [3.8, 4) is 23.1 Å². The van der Waals surface area contributed by atoms with E-state index in [1.165, 1.54) is 0 Å². The molecule has 0 aliphatic heterocycles. The number of guanidine groups is 1. The highest BCUT2D eigenvalue weighted by Crippen LogP contribution is 2.23. The molecule has 0 saturated carbocycles. The second-order valence-electron chi connectivity index (χ2n) is 6.77. The third kappa shape index (κ3) is 6.77. The molecule has 0 amide bonds. The smallest absolute Gasteiger partial charge is 0.219 e. The summed E-state index contributed by atoms with van der Waals surface area (Å²) in [5.74, 6) is 3.42. The molecule has 0 bridgehead atoms. The minimum absolute atomic E-state index is 0.467. The highest BCUT2D eigenvalue weighted by atomic mass is 16.5. The van der Waals surface area contributed by atoms with Gasteiger partial charge in [0.1, 0.15) is 23.9 Å². The Morgan fingerprint density at radius 1 is 1.03 bits per heavy atom. The van der Waals surface area contributed by atoms with Gasteiger partial charge in [0.15, 0.2) is 5.96 Å². The van der Waals surface area contributed by atoms with Crippen LogP contribution in [0, 0.1) is 0 Å². The summed E-state index contributed by atoms with van der Waals surface area (Å²) in [6.07, 6.45) is 3.50. The van der Waals surface area contributed by atoms with Crippen LogP contribution in [-0.4, -0.2) is 31.7 Å². The van der Waals surface area contributed by atoms with Gasteiger partial charge in [0.2, 0.25) is 5.88 Å². The first kappa shape index (κ1) is 22.7. The van der Waals surface area contributed by atoms with Gasteiger partial charge in [-0.25, -0.2) is 4.98 Å². The zero-order valence-corrected chi connectivity index (χ0v) is 18.4. The number of methoxy groups -OCH3 is 1. The Kier molecular flexibility index (Phi) is 8.50. The molecule has 0 saturated heterocycles. The molecule has 166 valence electrons. The largest absolute Gasteiger partial charge is 0.497 e. The van der Waals surface area contributed by atoms with Gasteiger partial charge < -0.3 is 24.8 Å². The average molecular weight is 433 g/mol. The molecule has 2 N–H and O–H groups in total. The number of para-hydroxylation sites is 1. The average Bonchev–Trinajstić information content (AvgIpc) is 2.84. The van der Waals surface area contributed by atoms with Crippen LogP contribution in [0.15, 0.2) is 84.5 Å². The standard InChI is InChI=1S/C25H28N4O3/c1-4-14-31-23-11-6-5-8-20(23)18-29-25(26-2)28-17-19-12-13-24(27-16-19)32-22-10-7-9-21(15-22)30-3/h4-13,15-16H,1,14,17-18H2,2-3H3,(H2,26,28,29). The number of aliphatic imine (C=N–C) groups is 1. The zero-order chi connectivity index (χ0) is 22.6. The Bertz CT molecular complexity index is 1040. The topological polar surface area (TPSA) is 77.0 Å². The summed E-state index contributed by atoms with van der Waals surface area (Å²) in [6, 6.07) is 19.1. The van der Waals surface area contributed by atoms with Crippen molar-refractivity contribution < 1.29 is 14.2 Å². The van der Waals surface area contributed by atoms with E-state index in [-0.39, 0.29) is 0 Å². The molecule has 3 aromatic rings. The van der Waals surface area contributed by atoms with Crippen LogP contribution >= 0.6 is 0 Å². The Morgan fingerprint density at radius 3 is 2.59 bits per heavy atom. The lowest BCUT2D eigenvalue weighted by Crippen LogP contribution is -2.36. The van der Waals surface area contributed by atoms with Crippen LogP contribution in [0.25, 0.3) is 0 Å². The maximum atomic E-state index is 5.78. The molecule has 0 aliphatic carbocycles. The summed E-state index contributed by atoms with van der Waals surface area (Å²) in [5, 5.41) is 6.59. The second-order valence-corrected chi connectivity index (χ2v) is 6.77. The fourth-order valence-corrected chi connectivity index (χ4v) is 2.89. The van der Waals surface area contributed by atoms with Crippen molar-refractivity contribution >= 4 is 5.96 Å². The summed E-state index contributed by atoms with van der Waals surface area (Å²) in [6.45, 7) is 5.31. The molecule has 7 nitrogen and oxygen atoms in total. The Morgan fingerprint density at radius 2 is 1.84 bits per heavy atom. The minimum Gasteiger partial charge on any atom is -0.497 e. The lowest BCUT2D eigenvalue weighted by molar-refractivity contribution is 0.358. The van der Waals surface area contributed by atoms with Gasteiger partial charge in [0.25, 0.3) is 0 Å². The van der Waals surface area contributed by atoms with Gasteiger partial charge in [-0.3, -0.25) is 4.99 Å². The number of hydrogen-bond acceptors (Lipinski definition) is 5. The maximum absolute atomic E-state index is 5.78. The molecule has 2 aromatic carbocycles. The van der Waals surface area contributed by atoms with Gasteiger partial charge in [0, 0.05) is 44.0 Å². The highest BCUT2D eigenvalue weighted by molar-refractivity contribution is 5.79. The molecule has 0 spiro atoms. The van der Waals surface area contributed by atoms with Crippen molar-refractivity contribution in [3.63, 3.8) is 0 Å². The zero-order valence-electron chi connectivity index (χ0n) is 18.4. The van der Waals surface area contributed by atoms with Gasteiger partial charge in [-0.1, -0.05) is 43.0 Å². The van der Waals surface area contributed by atoms with E-state index in [0.29, 0.717) is 37.3 Å². The van der Waals surface area contributed by atoms with E-state index in [9.17, 15) is 0 Å². The second kappa shape index (κ2) is 12.0. The first-order valence-electron chi connectivity index (χ1n) is 10.2. The van der Waals surface area contributed by atoms with Crippen molar-refractivity contribution in [1.29, 1.82) is 0 Å². The molecule has 0 fully saturated rings. The summed E-state index contributed by atoms with van der Waals surface area (Å²) in [4.78, 5) is 8.66. The fraction of sp³-hybridized carbons (Fsp3) is 0.200. The van der Waals surface area contributed by atoms with E-state index in [4.69, 9.17) is 14.2 Å². The molecule has 3 rings (SSSR count). The molecular formula is C25H28N4O3. The van der Waals surface area contributed by atoms with Crippen molar-refractivity contribution in [2.24, 2.45) is 4.99 Å². The quantitative estimate of drug-likeness (QED) is 0.282. The summed E-state index contributed by atoms with van der Waals surface area (Å²) < 4.78 is 16.7. The molecule has 0 unspecified atom stereocenters. The Balaban J connectivity index is 1.51. The van der Waals surface area contributed by atoms with Gasteiger partial charge >= 0.3 is 0 Å². The van der Waals surface area contributed by atoms with E-state index < -0.39 is 0 Å². The molecule has 0 aliphatic rings.